The number of hydrogen-bond acceptors (Lipinski definition) is 5. The molecule has 2 heterocycles. The number of pyridine rings is 2. The topological polar surface area (TPSA) is 112 Å². The van der Waals surface area contributed by atoms with Crippen LogP contribution in [0.5, 0.6) is 5.75 Å². The number of nitrogens with one attached hydrogen (secondary N) is 1. The summed E-state index contributed by atoms with van der Waals surface area (Å²) < 4.78 is 0. The number of carboxylic acids is 1. The van der Waals surface area contributed by atoms with E-state index in [9.17, 15) is 14.7 Å². The van der Waals surface area contributed by atoms with Gasteiger partial charge in [0, 0.05) is 10.9 Å². The Bertz CT molecular complexity index is 985. The Hall–Kier alpha value is -3.48. The van der Waals surface area contributed by atoms with Crippen LogP contribution in [-0.2, 0) is 4.79 Å². The molecule has 126 valence electrons. The van der Waals surface area contributed by atoms with Crippen molar-refractivity contribution in [3.63, 3.8) is 0 Å². The molecule has 3 rings (SSSR count). The van der Waals surface area contributed by atoms with E-state index in [1.54, 1.807) is 12.1 Å². The number of aromatic nitrogens is 2. The molecule has 0 saturated carbocycles. The summed E-state index contributed by atoms with van der Waals surface area (Å²) in [5.41, 5.74) is 2.96. The fraction of sp³-hybridized carbons (Fsp3) is 0.111. The van der Waals surface area contributed by atoms with Gasteiger partial charge in [0.05, 0.1) is 17.4 Å². The number of carbonyl (C=O) groups excluding carboxylic acids is 1. The highest BCUT2D eigenvalue weighted by molar-refractivity contribution is 6.01. The van der Waals surface area contributed by atoms with Crippen molar-refractivity contribution in [2.45, 2.75) is 6.92 Å². The number of aromatic hydroxyl groups is 1. The van der Waals surface area contributed by atoms with E-state index in [0.717, 1.165) is 16.8 Å². The second-order valence-electron chi connectivity index (χ2n) is 5.53. The summed E-state index contributed by atoms with van der Waals surface area (Å²) in [5, 5.41) is 21.4. The molecule has 0 spiro atoms. The molecule has 1 amide bonds. The van der Waals surface area contributed by atoms with Crippen molar-refractivity contribution < 1.29 is 19.8 Å². The molecule has 3 N–H and O–H groups in total. The summed E-state index contributed by atoms with van der Waals surface area (Å²) in [5.74, 6) is -2.27. The third-order valence-electron chi connectivity index (χ3n) is 3.65. The van der Waals surface area contributed by atoms with E-state index >= 15 is 0 Å². The van der Waals surface area contributed by atoms with Crippen LogP contribution in [0.3, 0.4) is 0 Å². The Kier molecular flexibility index (Phi) is 4.30. The van der Waals surface area contributed by atoms with Gasteiger partial charge in [0.25, 0.3) is 5.91 Å². The van der Waals surface area contributed by atoms with E-state index in [1.807, 2.05) is 31.2 Å². The molecule has 2 aromatic heterocycles. The Labute approximate surface area is 143 Å². The first-order valence-corrected chi connectivity index (χ1v) is 7.51. The lowest BCUT2D eigenvalue weighted by atomic mass is 10.1. The molecule has 0 bridgehead atoms. The van der Waals surface area contributed by atoms with Crippen LogP contribution >= 0.6 is 0 Å². The average molecular weight is 337 g/mol. The second-order valence-corrected chi connectivity index (χ2v) is 5.53. The number of carbonyl (C=O) groups is 2. The van der Waals surface area contributed by atoms with Crippen LogP contribution in [0, 0.1) is 6.92 Å². The quantitative estimate of drug-likeness (QED) is 0.672. The molecule has 0 aliphatic rings. The van der Waals surface area contributed by atoms with Gasteiger partial charge in [-0.25, -0.2) is 9.97 Å². The zero-order valence-corrected chi connectivity index (χ0v) is 13.4. The molecule has 0 aliphatic heterocycles. The largest absolute Gasteiger partial charge is 0.505 e. The molecular formula is C18H15N3O4. The summed E-state index contributed by atoms with van der Waals surface area (Å²) in [6.45, 7) is 1.43. The normalized spacial score (nSPS) is 10.6. The van der Waals surface area contributed by atoms with E-state index in [-0.39, 0.29) is 11.4 Å². The number of amides is 1. The van der Waals surface area contributed by atoms with Crippen LogP contribution in [0.2, 0.25) is 0 Å². The van der Waals surface area contributed by atoms with Gasteiger partial charge >= 0.3 is 5.97 Å². The van der Waals surface area contributed by atoms with Crippen LogP contribution in [0.15, 0.2) is 42.6 Å². The van der Waals surface area contributed by atoms with Crippen molar-refractivity contribution in [1.82, 2.24) is 15.3 Å². The lowest BCUT2D eigenvalue weighted by Crippen LogP contribution is -2.29. The van der Waals surface area contributed by atoms with Crippen LogP contribution in [0.25, 0.3) is 22.2 Å². The first-order chi connectivity index (χ1) is 12.0. The molecular weight excluding hydrogens is 322 g/mol. The third-order valence-corrected chi connectivity index (χ3v) is 3.65. The predicted octanol–water partition coefficient (Wildman–Crippen LogP) is 2.13. The van der Waals surface area contributed by atoms with Gasteiger partial charge in [0.1, 0.15) is 6.54 Å². The molecule has 0 saturated heterocycles. The number of fused-ring (bicyclic) bond motifs is 1. The maximum Gasteiger partial charge on any atom is 0.322 e. The zero-order chi connectivity index (χ0) is 18.0. The van der Waals surface area contributed by atoms with E-state index in [1.165, 1.54) is 6.20 Å². The first-order valence-electron chi connectivity index (χ1n) is 7.51. The van der Waals surface area contributed by atoms with Crippen LogP contribution in [0.1, 0.15) is 16.1 Å². The van der Waals surface area contributed by atoms with E-state index in [0.29, 0.717) is 10.9 Å². The van der Waals surface area contributed by atoms with Crippen molar-refractivity contribution >= 4 is 22.8 Å². The molecule has 25 heavy (non-hydrogen) atoms. The highest BCUT2D eigenvalue weighted by atomic mass is 16.4. The summed E-state index contributed by atoms with van der Waals surface area (Å²) >= 11 is 0. The molecule has 0 unspecified atom stereocenters. The number of aliphatic carboxylic acids is 1. The van der Waals surface area contributed by atoms with Gasteiger partial charge < -0.3 is 15.5 Å². The maximum atomic E-state index is 11.9. The Morgan fingerprint density at radius 3 is 2.72 bits per heavy atom. The number of aryl methyl sites for hydroxylation is 1. The van der Waals surface area contributed by atoms with Gasteiger partial charge in [-0.1, -0.05) is 23.8 Å². The molecule has 0 radical (unpaired) electrons. The summed E-state index contributed by atoms with van der Waals surface area (Å²) in [6, 6.07) is 11.3. The molecule has 7 nitrogen and oxygen atoms in total. The second kappa shape index (κ2) is 6.56. The Morgan fingerprint density at radius 1 is 1.20 bits per heavy atom. The van der Waals surface area contributed by atoms with Crippen molar-refractivity contribution in [3.05, 3.63) is 53.9 Å². The molecule has 1 aromatic carbocycles. The van der Waals surface area contributed by atoms with Gasteiger partial charge in [-0.2, -0.15) is 0 Å². The van der Waals surface area contributed by atoms with Gasteiger partial charge in [0.2, 0.25) is 0 Å². The minimum atomic E-state index is -1.18. The fourth-order valence-electron chi connectivity index (χ4n) is 2.46. The molecule has 0 aliphatic carbocycles. The fourth-order valence-corrected chi connectivity index (χ4v) is 2.46. The number of rotatable bonds is 4. The molecule has 0 atom stereocenters. The highest BCUT2D eigenvalue weighted by Crippen LogP contribution is 2.28. The van der Waals surface area contributed by atoms with Gasteiger partial charge in [-0.3, -0.25) is 9.59 Å². The number of nitrogens with zero attached hydrogens (tertiary/aromatic N) is 2. The maximum absolute atomic E-state index is 11.9. The van der Waals surface area contributed by atoms with Crippen molar-refractivity contribution in [2.75, 3.05) is 6.54 Å². The average Bonchev–Trinajstić information content (AvgIpc) is 2.59. The lowest BCUT2D eigenvalue weighted by molar-refractivity contribution is -0.135. The summed E-state index contributed by atoms with van der Waals surface area (Å²) in [4.78, 5) is 30.8. The van der Waals surface area contributed by atoms with E-state index in [4.69, 9.17) is 5.11 Å². The van der Waals surface area contributed by atoms with Gasteiger partial charge in [-0.05, 0) is 25.1 Å². The number of hydrogen-bond donors (Lipinski definition) is 3. The van der Waals surface area contributed by atoms with Gasteiger partial charge in [-0.15, -0.1) is 0 Å². The molecule has 3 aromatic rings. The number of carboxylic acid groups (broad SMARTS) is 1. The van der Waals surface area contributed by atoms with Crippen LogP contribution in [0.4, 0.5) is 0 Å². The van der Waals surface area contributed by atoms with Crippen molar-refractivity contribution in [3.8, 4) is 17.0 Å². The minimum Gasteiger partial charge on any atom is -0.505 e. The van der Waals surface area contributed by atoms with E-state index < -0.39 is 18.4 Å². The highest BCUT2D eigenvalue weighted by Gasteiger charge is 2.17. The smallest absolute Gasteiger partial charge is 0.322 e. The first kappa shape index (κ1) is 16.4. The minimum absolute atomic E-state index is 0.237. The summed E-state index contributed by atoms with van der Waals surface area (Å²) in [7, 11) is 0. The predicted molar refractivity (Wildman–Crippen MR) is 91.3 cm³/mol. The molecule has 7 heteroatoms. The SMILES string of the molecule is Cc1cccc(-c2ccc3c(O)c(C(=O)NCC(=O)O)ncc3n2)c1. The van der Waals surface area contributed by atoms with Crippen molar-refractivity contribution in [2.24, 2.45) is 0 Å². The van der Waals surface area contributed by atoms with Crippen LogP contribution < -0.4 is 5.32 Å². The standard InChI is InChI=1S/C18H15N3O4/c1-10-3-2-4-11(7-10)13-6-5-12-14(21-13)8-19-16(17(12)24)18(25)20-9-15(22)23/h2-8,24H,9H2,1H3,(H,20,25)(H,22,23). The van der Waals surface area contributed by atoms with Gasteiger partial charge in [0.15, 0.2) is 11.4 Å². The summed E-state index contributed by atoms with van der Waals surface area (Å²) in [6.07, 6.45) is 1.38. The Balaban J connectivity index is 1.99. The van der Waals surface area contributed by atoms with E-state index in [2.05, 4.69) is 15.3 Å². The third kappa shape index (κ3) is 3.40. The van der Waals surface area contributed by atoms with Crippen molar-refractivity contribution in [1.29, 1.82) is 0 Å². The lowest BCUT2D eigenvalue weighted by Gasteiger charge is -2.08. The Morgan fingerprint density at radius 2 is 2.00 bits per heavy atom. The monoisotopic (exact) mass is 337 g/mol. The van der Waals surface area contributed by atoms with Crippen LogP contribution in [-0.4, -0.2) is 38.6 Å². The zero-order valence-electron chi connectivity index (χ0n) is 13.4. The molecule has 0 fully saturated rings. The number of benzene rings is 1.